The van der Waals surface area contributed by atoms with Crippen LogP contribution in [0.4, 0.5) is 24.5 Å². The summed E-state index contributed by atoms with van der Waals surface area (Å²) in [4.78, 5) is 56.4. The second-order valence-electron chi connectivity index (χ2n) is 18.6. The summed E-state index contributed by atoms with van der Waals surface area (Å²) in [6.07, 6.45) is 1.38. The van der Waals surface area contributed by atoms with Crippen LogP contribution >= 0.6 is 0 Å². The number of carbonyl (C=O) groups excluding carboxylic acids is 3. The minimum Gasteiger partial charge on any atom is -0.489 e. The van der Waals surface area contributed by atoms with E-state index in [1.165, 1.54) is 4.90 Å². The van der Waals surface area contributed by atoms with Gasteiger partial charge in [0.25, 0.3) is 5.91 Å². The molecule has 2 aromatic carbocycles. The molecule has 0 bridgehead atoms. The Bertz CT molecular complexity index is 2430. The highest BCUT2D eigenvalue weighted by Crippen LogP contribution is 2.45. The van der Waals surface area contributed by atoms with Crippen molar-refractivity contribution in [2.75, 3.05) is 68.8 Å². The van der Waals surface area contributed by atoms with Gasteiger partial charge in [-0.3, -0.25) is 34.5 Å². The Balaban J connectivity index is 0.705. The summed E-state index contributed by atoms with van der Waals surface area (Å²) in [5.74, 6) is 0.213. The van der Waals surface area contributed by atoms with Crippen LogP contribution in [0.3, 0.4) is 0 Å². The van der Waals surface area contributed by atoms with Crippen LogP contribution in [0.15, 0.2) is 54.7 Å². The molecule has 13 nitrogen and oxygen atoms in total. The highest BCUT2D eigenvalue weighted by molar-refractivity contribution is 6.06. The maximum atomic E-state index is 14.0. The monoisotopic (exact) mass is 852 g/mol. The van der Waals surface area contributed by atoms with Crippen LogP contribution in [0.5, 0.6) is 5.75 Å². The van der Waals surface area contributed by atoms with Gasteiger partial charge in [0.05, 0.1) is 54.1 Å². The number of amides is 3. The summed E-state index contributed by atoms with van der Waals surface area (Å²) in [6, 6.07) is 14.3. The van der Waals surface area contributed by atoms with Crippen LogP contribution in [-0.4, -0.2) is 131 Å². The molecule has 62 heavy (non-hydrogen) atoms. The minimum absolute atomic E-state index is 0.162. The average Bonchev–Trinajstić information content (AvgIpc) is 3.92. The van der Waals surface area contributed by atoms with Gasteiger partial charge in [0.1, 0.15) is 18.4 Å². The third kappa shape index (κ3) is 6.98. The molecule has 3 amide bonds. The molecule has 0 saturated carbocycles. The number of piperazine rings is 1. The van der Waals surface area contributed by atoms with Crippen LogP contribution in [0, 0.1) is 5.92 Å². The predicted molar refractivity (Wildman–Crippen MR) is 224 cm³/mol. The van der Waals surface area contributed by atoms with Crippen LogP contribution in [-0.2, 0) is 27.3 Å². The lowest BCUT2D eigenvalue weighted by Gasteiger charge is -2.46. The first-order valence-electron chi connectivity index (χ1n) is 22.1. The number of imide groups is 1. The van der Waals surface area contributed by atoms with Gasteiger partial charge in [-0.05, 0) is 86.4 Å². The number of alkyl halides is 3. The second-order valence-corrected chi connectivity index (χ2v) is 18.6. The molecule has 11 rings (SSSR count). The summed E-state index contributed by atoms with van der Waals surface area (Å²) in [5, 5.41) is 3.43. The Morgan fingerprint density at radius 1 is 0.984 bits per heavy atom. The first kappa shape index (κ1) is 39.6. The van der Waals surface area contributed by atoms with Gasteiger partial charge in [0.2, 0.25) is 11.8 Å². The van der Waals surface area contributed by atoms with Gasteiger partial charge in [-0.15, -0.1) is 0 Å². The Labute approximate surface area is 357 Å². The number of nitrogens with one attached hydrogen (secondary N) is 2. The number of nitrogens with zero attached hydrogens (tertiary/aromatic N) is 6. The van der Waals surface area contributed by atoms with Crippen LogP contribution in [0.2, 0.25) is 0 Å². The molecular weight excluding hydrogens is 802 g/mol. The molecular formula is C46H51F3N8O5. The number of benzene rings is 2. The van der Waals surface area contributed by atoms with E-state index in [4.69, 9.17) is 14.5 Å². The van der Waals surface area contributed by atoms with Gasteiger partial charge in [-0.25, -0.2) is 0 Å². The molecule has 4 aromatic rings. The minimum atomic E-state index is -4.34. The van der Waals surface area contributed by atoms with E-state index >= 15 is 0 Å². The molecule has 0 radical (unpaired) electrons. The van der Waals surface area contributed by atoms with E-state index in [-0.39, 0.29) is 35.9 Å². The quantitative estimate of drug-likeness (QED) is 0.251. The van der Waals surface area contributed by atoms with E-state index in [9.17, 15) is 27.6 Å². The van der Waals surface area contributed by atoms with Gasteiger partial charge < -0.3 is 29.2 Å². The molecule has 16 heteroatoms. The van der Waals surface area contributed by atoms with Gasteiger partial charge in [0.15, 0.2) is 0 Å². The van der Waals surface area contributed by atoms with Crippen molar-refractivity contribution in [3.63, 3.8) is 0 Å². The van der Waals surface area contributed by atoms with Gasteiger partial charge in [-0.1, -0.05) is 18.2 Å². The van der Waals surface area contributed by atoms with Gasteiger partial charge >= 0.3 is 6.18 Å². The van der Waals surface area contributed by atoms with E-state index in [0.717, 1.165) is 104 Å². The van der Waals surface area contributed by atoms with Crippen molar-refractivity contribution in [3.05, 3.63) is 82.8 Å². The lowest BCUT2D eigenvalue weighted by molar-refractivity contribution is -0.155. The second kappa shape index (κ2) is 15.0. The van der Waals surface area contributed by atoms with E-state index < -0.39 is 30.7 Å². The summed E-state index contributed by atoms with van der Waals surface area (Å²) in [6.45, 7) is 7.67. The zero-order valence-electron chi connectivity index (χ0n) is 34.8. The number of piperidine rings is 2. The number of halogens is 3. The fourth-order valence-corrected chi connectivity index (χ4v) is 11.6. The first-order chi connectivity index (χ1) is 29.9. The highest BCUT2D eigenvalue weighted by atomic mass is 19.4. The normalized spacial score (nSPS) is 27.6. The predicted octanol–water partition coefficient (Wildman–Crippen LogP) is 5.18. The molecule has 9 heterocycles. The number of aromatic amines is 1. The van der Waals surface area contributed by atoms with Crippen molar-refractivity contribution in [3.8, 4) is 5.75 Å². The van der Waals surface area contributed by atoms with Crippen molar-refractivity contribution < 1.29 is 37.0 Å². The number of H-pyrrole nitrogens is 1. The number of hydrogen-bond donors (Lipinski definition) is 2. The van der Waals surface area contributed by atoms with Gasteiger partial charge in [-0.2, -0.15) is 13.2 Å². The van der Waals surface area contributed by atoms with Crippen LogP contribution in [0.25, 0.3) is 10.9 Å². The van der Waals surface area contributed by atoms with Crippen molar-refractivity contribution >= 4 is 40.0 Å². The van der Waals surface area contributed by atoms with Crippen molar-refractivity contribution in [1.82, 2.24) is 30.0 Å². The summed E-state index contributed by atoms with van der Waals surface area (Å²) < 4.78 is 54.8. The molecule has 2 aromatic heterocycles. The van der Waals surface area contributed by atoms with E-state index in [2.05, 4.69) is 31.1 Å². The lowest BCUT2D eigenvalue weighted by atomic mass is 9.85. The first-order valence-corrected chi connectivity index (χ1v) is 22.1. The fourth-order valence-electron chi connectivity index (χ4n) is 11.6. The van der Waals surface area contributed by atoms with E-state index in [1.807, 2.05) is 55.6 Å². The summed E-state index contributed by atoms with van der Waals surface area (Å²) in [7, 11) is 0. The zero-order valence-corrected chi connectivity index (χ0v) is 34.8. The number of anilines is 2. The molecule has 4 saturated heterocycles. The Morgan fingerprint density at radius 3 is 2.61 bits per heavy atom. The molecule has 0 aliphatic carbocycles. The highest BCUT2D eigenvalue weighted by Gasteiger charge is 2.46. The molecule has 7 aliphatic heterocycles. The molecule has 2 unspecified atom stereocenters. The maximum Gasteiger partial charge on any atom is 0.401 e. The van der Waals surface area contributed by atoms with Gasteiger partial charge in [0, 0.05) is 80.4 Å². The summed E-state index contributed by atoms with van der Waals surface area (Å²) in [5.41, 5.74) is 6.65. The lowest BCUT2D eigenvalue weighted by Crippen LogP contribution is -2.58. The Morgan fingerprint density at radius 2 is 1.82 bits per heavy atom. The number of hydrogen-bond acceptors (Lipinski definition) is 10. The van der Waals surface area contributed by atoms with Crippen molar-refractivity contribution in [2.24, 2.45) is 5.92 Å². The van der Waals surface area contributed by atoms with Crippen molar-refractivity contribution in [1.29, 1.82) is 0 Å². The molecule has 7 aliphatic rings. The number of rotatable bonds is 6. The number of aromatic nitrogens is 2. The number of ether oxygens (including phenoxy) is 2. The molecule has 326 valence electrons. The zero-order chi connectivity index (χ0) is 42.5. The molecule has 4 fully saturated rings. The van der Waals surface area contributed by atoms with Crippen LogP contribution in [0.1, 0.15) is 77.9 Å². The SMILES string of the molecule is C[C@@H]1Cc2c([nH]c3ccccc23)[C@@H](c2ccc(N3CCC4(CC3)CC(CN3CCN5c6cc7c(cc6OC[C@@H]5C3)C(=O)N(C3CCC(=O)NC3=O)C7)CO4)cn2)N1CC(F)(F)F. The maximum absolute atomic E-state index is 14.0. The number of fused-ring (bicyclic) bond motifs is 7. The van der Waals surface area contributed by atoms with Crippen LogP contribution < -0.4 is 19.9 Å². The molecule has 2 N–H and O–H groups in total. The van der Waals surface area contributed by atoms with E-state index in [0.29, 0.717) is 48.9 Å². The third-order valence-electron chi connectivity index (χ3n) is 14.7. The Hall–Kier alpha value is -5.19. The third-order valence-corrected chi connectivity index (χ3v) is 14.7. The topological polar surface area (TPSA) is 127 Å². The van der Waals surface area contributed by atoms with Crippen molar-refractivity contribution in [2.45, 2.75) is 87.9 Å². The van der Waals surface area contributed by atoms with E-state index in [1.54, 1.807) is 4.90 Å². The number of pyridine rings is 1. The average molecular weight is 853 g/mol. The fraction of sp³-hybridized carbons (Fsp3) is 0.522. The molecule has 1 spiro atoms. The largest absolute Gasteiger partial charge is 0.489 e. The molecule has 5 atom stereocenters. The smallest absolute Gasteiger partial charge is 0.401 e. The Kier molecular flexibility index (Phi) is 9.58. The summed E-state index contributed by atoms with van der Waals surface area (Å²) >= 11 is 0. The standard InChI is InChI=1S/C46H51F3N8O5/c1-27-16-34-32-4-2-3-5-35(32)51-41(34)42(57(27)26-46(47,48)49)36-7-6-30(20-50-36)54-12-10-45(11-13-54)19-28(24-62-45)21-53-14-15-55-31(23-53)25-61-39-18-33-29(17-38(39)55)22-56(44(33)60)37-8-9-40(58)52-43(37)59/h2-7,17-18,20,27-28,31,37,42,51H,8-16,19,21-26H2,1H3,(H,52,58,59)/t27-,28?,31+,37?,42-/m1/s1. The number of carbonyl (C=O) groups is 3. The number of para-hydroxylation sites is 1.